The number of aromatic nitrogens is 1. The number of likely N-dealkylation sites (N-methyl/N-ethyl adjacent to an activating group) is 1. The highest BCUT2D eigenvalue weighted by Gasteiger charge is 2.38. The number of fused-ring (bicyclic) bond motifs is 1. The number of amides is 2. The molecule has 1 aromatic heterocycles. The lowest BCUT2D eigenvalue weighted by Gasteiger charge is -2.26. The molecule has 6 nitrogen and oxygen atoms in total. The van der Waals surface area contributed by atoms with E-state index in [1.165, 1.54) is 23.5 Å². The number of hydrogen-bond donors (Lipinski definition) is 0. The van der Waals surface area contributed by atoms with Crippen molar-refractivity contribution in [3.05, 3.63) is 54.3 Å². The number of carbonyl (C=O) groups excluding carboxylic acids is 2. The number of para-hydroxylation sites is 1. The third-order valence-corrected chi connectivity index (χ3v) is 6.95. The predicted octanol–water partition coefficient (Wildman–Crippen LogP) is 4.59. The Morgan fingerprint density at radius 3 is 2.58 bits per heavy atom. The SMILES string of the molecule is CCN(CC)CCN(C(=O)C1CC(=O)N(c2ccccc2)C1)c1nc2ccc(F)cc2s1.Cl. The molecule has 1 atom stereocenters. The van der Waals surface area contributed by atoms with Gasteiger partial charge in [0.2, 0.25) is 11.8 Å². The Hall–Kier alpha value is -2.55. The molecule has 2 aromatic carbocycles. The minimum absolute atomic E-state index is 0. The van der Waals surface area contributed by atoms with E-state index in [0.29, 0.717) is 35.0 Å². The number of rotatable bonds is 8. The second-order valence-electron chi connectivity index (χ2n) is 7.87. The molecule has 0 spiro atoms. The molecule has 0 saturated carbocycles. The van der Waals surface area contributed by atoms with Crippen molar-refractivity contribution >= 4 is 56.6 Å². The van der Waals surface area contributed by atoms with E-state index in [1.54, 1.807) is 15.9 Å². The van der Waals surface area contributed by atoms with Gasteiger partial charge in [0.25, 0.3) is 0 Å². The largest absolute Gasteiger partial charge is 0.312 e. The Labute approximate surface area is 203 Å². The van der Waals surface area contributed by atoms with E-state index in [1.807, 2.05) is 30.3 Å². The van der Waals surface area contributed by atoms with E-state index in [2.05, 4.69) is 23.7 Å². The summed E-state index contributed by atoms with van der Waals surface area (Å²) in [6.45, 7) is 7.46. The van der Waals surface area contributed by atoms with E-state index in [9.17, 15) is 14.0 Å². The van der Waals surface area contributed by atoms with Crippen LogP contribution in [-0.2, 0) is 9.59 Å². The fourth-order valence-corrected chi connectivity index (χ4v) is 5.06. The van der Waals surface area contributed by atoms with Crippen molar-refractivity contribution in [2.24, 2.45) is 5.92 Å². The molecule has 0 radical (unpaired) electrons. The summed E-state index contributed by atoms with van der Waals surface area (Å²) < 4.78 is 14.4. The number of benzene rings is 2. The third kappa shape index (κ3) is 5.51. The first kappa shape index (κ1) is 25.1. The summed E-state index contributed by atoms with van der Waals surface area (Å²) in [7, 11) is 0. The zero-order valence-electron chi connectivity index (χ0n) is 18.7. The van der Waals surface area contributed by atoms with E-state index in [0.717, 1.165) is 18.8 Å². The predicted molar refractivity (Wildman–Crippen MR) is 134 cm³/mol. The van der Waals surface area contributed by atoms with Crippen LogP contribution in [0.4, 0.5) is 15.2 Å². The molecule has 33 heavy (non-hydrogen) atoms. The molecule has 0 N–H and O–H groups in total. The van der Waals surface area contributed by atoms with E-state index >= 15 is 0 Å². The fraction of sp³-hybridized carbons (Fsp3) is 0.375. The second-order valence-corrected chi connectivity index (χ2v) is 8.88. The van der Waals surface area contributed by atoms with Crippen LogP contribution in [0.15, 0.2) is 48.5 Å². The van der Waals surface area contributed by atoms with Crippen molar-refractivity contribution in [3.63, 3.8) is 0 Å². The smallest absolute Gasteiger partial charge is 0.234 e. The molecule has 1 fully saturated rings. The van der Waals surface area contributed by atoms with Gasteiger partial charge in [-0.15, -0.1) is 12.4 Å². The Balaban J connectivity index is 0.00000306. The topological polar surface area (TPSA) is 56.8 Å². The maximum Gasteiger partial charge on any atom is 0.234 e. The summed E-state index contributed by atoms with van der Waals surface area (Å²) in [5, 5.41) is 0.549. The van der Waals surface area contributed by atoms with Crippen LogP contribution in [0.1, 0.15) is 20.3 Å². The van der Waals surface area contributed by atoms with Gasteiger partial charge in [-0.2, -0.15) is 0 Å². The first-order chi connectivity index (χ1) is 15.5. The summed E-state index contributed by atoms with van der Waals surface area (Å²) >= 11 is 1.31. The number of nitrogens with zero attached hydrogens (tertiary/aromatic N) is 4. The van der Waals surface area contributed by atoms with Crippen molar-refractivity contribution in [1.29, 1.82) is 0 Å². The second kappa shape index (κ2) is 11.0. The summed E-state index contributed by atoms with van der Waals surface area (Å²) in [6.07, 6.45) is 0.176. The maximum absolute atomic E-state index is 13.7. The van der Waals surface area contributed by atoms with Crippen LogP contribution in [0.25, 0.3) is 10.2 Å². The lowest BCUT2D eigenvalue weighted by Crippen LogP contribution is -2.42. The highest BCUT2D eigenvalue weighted by atomic mass is 35.5. The van der Waals surface area contributed by atoms with Gasteiger partial charge in [0.15, 0.2) is 5.13 Å². The van der Waals surface area contributed by atoms with Crippen LogP contribution in [0.3, 0.4) is 0 Å². The average molecular weight is 491 g/mol. The minimum Gasteiger partial charge on any atom is -0.312 e. The van der Waals surface area contributed by atoms with Crippen LogP contribution < -0.4 is 9.80 Å². The molecule has 1 unspecified atom stereocenters. The molecule has 3 aromatic rings. The molecule has 1 aliphatic heterocycles. The van der Waals surface area contributed by atoms with Gasteiger partial charge in [-0.25, -0.2) is 9.37 Å². The summed E-state index contributed by atoms with van der Waals surface area (Å²) in [4.78, 5) is 36.5. The third-order valence-electron chi connectivity index (χ3n) is 5.91. The standard InChI is InChI=1S/C24H27FN4O2S.ClH/c1-3-27(4-2)12-13-28(24-26-20-11-10-18(25)15-21(20)32-24)23(31)17-14-22(30)29(16-17)19-8-6-5-7-9-19;/h5-11,15,17H,3-4,12-14,16H2,1-2H3;1H. The van der Waals surface area contributed by atoms with Crippen LogP contribution in [-0.4, -0.2) is 54.4 Å². The van der Waals surface area contributed by atoms with Crippen molar-refractivity contribution in [3.8, 4) is 0 Å². The lowest BCUT2D eigenvalue weighted by atomic mass is 10.1. The van der Waals surface area contributed by atoms with Crippen molar-refractivity contribution in [1.82, 2.24) is 9.88 Å². The molecular formula is C24H28ClFN4O2S. The minimum atomic E-state index is -0.442. The van der Waals surface area contributed by atoms with Crippen molar-refractivity contribution in [2.45, 2.75) is 20.3 Å². The molecule has 0 aliphatic carbocycles. The van der Waals surface area contributed by atoms with Gasteiger partial charge in [0.1, 0.15) is 5.82 Å². The Kier molecular flexibility index (Phi) is 8.40. The number of thiazole rings is 1. The molecule has 0 bridgehead atoms. The normalized spacial score (nSPS) is 15.8. The Bertz CT molecular complexity index is 1110. The van der Waals surface area contributed by atoms with E-state index in [-0.39, 0.29) is 36.5 Å². The first-order valence-corrected chi connectivity index (χ1v) is 11.8. The van der Waals surface area contributed by atoms with E-state index in [4.69, 9.17) is 0 Å². The molecule has 2 amide bonds. The molecule has 176 valence electrons. The van der Waals surface area contributed by atoms with Gasteiger partial charge in [-0.1, -0.05) is 43.4 Å². The van der Waals surface area contributed by atoms with Gasteiger partial charge in [0, 0.05) is 31.7 Å². The summed E-state index contributed by atoms with van der Waals surface area (Å²) in [5.74, 6) is -0.926. The van der Waals surface area contributed by atoms with Gasteiger partial charge in [-0.05, 0) is 43.4 Å². The molecule has 1 saturated heterocycles. The highest BCUT2D eigenvalue weighted by Crippen LogP contribution is 2.32. The zero-order valence-corrected chi connectivity index (χ0v) is 20.4. The van der Waals surface area contributed by atoms with Crippen LogP contribution in [0, 0.1) is 11.7 Å². The Morgan fingerprint density at radius 2 is 1.88 bits per heavy atom. The Morgan fingerprint density at radius 1 is 1.15 bits per heavy atom. The number of hydrogen-bond acceptors (Lipinski definition) is 5. The van der Waals surface area contributed by atoms with Crippen LogP contribution in [0.2, 0.25) is 0 Å². The quantitative estimate of drug-likeness (QED) is 0.463. The summed E-state index contributed by atoms with van der Waals surface area (Å²) in [6, 6.07) is 13.9. The van der Waals surface area contributed by atoms with Crippen molar-refractivity contribution in [2.75, 3.05) is 42.5 Å². The van der Waals surface area contributed by atoms with Gasteiger partial charge in [0.05, 0.1) is 16.1 Å². The molecule has 9 heteroatoms. The molecule has 2 heterocycles. The average Bonchev–Trinajstić information content (AvgIpc) is 3.40. The van der Waals surface area contributed by atoms with Gasteiger partial charge >= 0.3 is 0 Å². The zero-order chi connectivity index (χ0) is 22.7. The van der Waals surface area contributed by atoms with Crippen molar-refractivity contribution < 1.29 is 14.0 Å². The van der Waals surface area contributed by atoms with Crippen LogP contribution >= 0.6 is 23.7 Å². The van der Waals surface area contributed by atoms with Gasteiger partial charge in [-0.3, -0.25) is 14.5 Å². The first-order valence-electron chi connectivity index (χ1n) is 10.9. The number of halogens is 2. The number of carbonyl (C=O) groups is 2. The van der Waals surface area contributed by atoms with Crippen LogP contribution in [0.5, 0.6) is 0 Å². The van der Waals surface area contributed by atoms with Gasteiger partial charge < -0.3 is 9.80 Å². The summed E-state index contributed by atoms with van der Waals surface area (Å²) in [5.41, 5.74) is 1.47. The molecule has 4 rings (SSSR count). The lowest BCUT2D eigenvalue weighted by molar-refractivity contribution is -0.124. The maximum atomic E-state index is 13.7. The molecular weight excluding hydrogens is 463 g/mol. The number of anilines is 2. The monoisotopic (exact) mass is 490 g/mol. The highest BCUT2D eigenvalue weighted by molar-refractivity contribution is 7.22. The van der Waals surface area contributed by atoms with E-state index < -0.39 is 5.92 Å². The molecule has 1 aliphatic rings. The fourth-order valence-electron chi connectivity index (χ4n) is 4.03.